The minimum Gasteiger partial charge on any atom is -0.312 e. The molecule has 2 rings (SSSR count). The van der Waals surface area contributed by atoms with Crippen LogP contribution in [0.4, 0.5) is 0 Å². The first kappa shape index (κ1) is 14.1. The van der Waals surface area contributed by atoms with E-state index in [1.54, 1.807) is 11.8 Å². The van der Waals surface area contributed by atoms with Crippen LogP contribution in [0.3, 0.4) is 0 Å². The zero-order valence-corrected chi connectivity index (χ0v) is 12.3. The third-order valence-electron chi connectivity index (χ3n) is 2.69. The smallest absolute Gasteiger partial charge is 0.101 e. The van der Waals surface area contributed by atoms with Crippen molar-refractivity contribution >= 4 is 11.8 Å². The molecule has 100 valence electrons. The second kappa shape index (κ2) is 7.31. The first-order valence-corrected chi connectivity index (χ1v) is 7.45. The third-order valence-corrected chi connectivity index (χ3v) is 3.76. The molecular formula is C16H20N2S. The summed E-state index contributed by atoms with van der Waals surface area (Å²) in [5, 5.41) is 4.53. The maximum atomic E-state index is 4.37. The highest BCUT2D eigenvalue weighted by Gasteiger charge is 2.04. The van der Waals surface area contributed by atoms with E-state index in [2.05, 4.69) is 48.4 Å². The van der Waals surface area contributed by atoms with Gasteiger partial charge >= 0.3 is 0 Å². The Morgan fingerprint density at radius 3 is 2.63 bits per heavy atom. The molecule has 1 aromatic carbocycles. The van der Waals surface area contributed by atoms with Crippen molar-refractivity contribution in [2.75, 3.05) is 6.54 Å². The van der Waals surface area contributed by atoms with Crippen molar-refractivity contribution in [3.8, 4) is 0 Å². The van der Waals surface area contributed by atoms with E-state index in [4.69, 9.17) is 0 Å². The summed E-state index contributed by atoms with van der Waals surface area (Å²) in [5.41, 5.74) is 1.33. The molecule has 0 unspecified atom stereocenters. The highest BCUT2D eigenvalue weighted by Crippen LogP contribution is 2.28. The molecule has 0 amide bonds. The standard InChI is InChI=1S/C16H20N2S/c1-13(2)11-17-12-14-7-3-4-8-15(14)19-16-9-5-6-10-18-16/h3-10,13,17H,11-12H2,1-2H3. The molecule has 0 aliphatic heterocycles. The monoisotopic (exact) mass is 272 g/mol. The first-order chi connectivity index (χ1) is 9.25. The largest absolute Gasteiger partial charge is 0.312 e. The zero-order valence-electron chi connectivity index (χ0n) is 11.5. The van der Waals surface area contributed by atoms with Crippen LogP contribution in [-0.4, -0.2) is 11.5 Å². The Bertz CT molecular complexity index is 497. The highest BCUT2D eigenvalue weighted by atomic mass is 32.2. The molecule has 0 saturated heterocycles. The Balaban J connectivity index is 2.04. The van der Waals surface area contributed by atoms with E-state index in [-0.39, 0.29) is 0 Å². The summed E-state index contributed by atoms with van der Waals surface area (Å²) < 4.78 is 0. The quantitative estimate of drug-likeness (QED) is 0.861. The van der Waals surface area contributed by atoms with E-state index in [0.717, 1.165) is 18.1 Å². The molecule has 2 nitrogen and oxygen atoms in total. The van der Waals surface area contributed by atoms with Crippen molar-refractivity contribution in [1.29, 1.82) is 0 Å². The molecule has 0 aliphatic rings. The van der Waals surface area contributed by atoms with Crippen molar-refractivity contribution in [1.82, 2.24) is 10.3 Å². The van der Waals surface area contributed by atoms with Crippen LogP contribution in [0, 0.1) is 5.92 Å². The Morgan fingerprint density at radius 1 is 1.11 bits per heavy atom. The fourth-order valence-corrected chi connectivity index (χ4v) is 2.67. The topological polar surface area (TPSA) is 24.9 Å². The van der Waals surface area contributed by atoms with Crippen LogP contribution in [0.2, 0.25) is 0 Å². The fourth-order valence-electron chi connectivity index (χ4n) is 1.77. The average Bonchev–Trinajstić information content (AvgIpc) is 2.41. The Kier molecular flexibility index (Phi) is 5.43. The van der Waals surface area contributed by atoms with Gasteiger partial charge in [0.1, 0.15) is 5.03 Å². The van der Waals surface area contributed by atoms with Gasteiger partial charge in [-0.3, -0.25) is 0 Å². The van der Waals surface area contributed by atoms with Crippen molar-refractivity contribution < 1.29 is 0 Å². The number of hydrogen-bond donors (Lipinski definition) is 1. The van der Waals surface area contributed by atoms with E-state index >= 15 is 0 Å². The van der Waals surface area contributed by atoms with Gasteiger partial charge in [-0.1, -0.05) is 49.9 Å². The lowest BCUT2D eigenvalue weighted by molar-refractivity contribution is 0.550. The molecule has 2 aromatic rings. The van der Waals surface area contributed by atoms with Crippen molar-refractivity contribution in [2.45, 2.75) is 30.3 Å². The summed E-state index contributed by atoms with van der Waals surface area (Å²) in [5.74, 6) is 0.676. The van der Waals surface area contributed by atoms with Gasteiger partial charge in [0, 0.05) is 17.6 Å². The molecule has 1 aromatic heterocycles. The van der Waals surface area contributed by atoms with Gasteiger partial charge in [-0.2, -0.15) is 0 Å². The molecule has 0 aliphatic carbocycles. The second-order valence-corrected chi connectivity index (χ2v) is 5.96. The van der Waals surface area contributed by atoms with Crippen LogP contribution >= 0.6 is 11.8 Å². The molecule has 0 radical (unpaired) electrons. The third kappa shape index (κ3) is 4.69. The van der Waals surface area contributed by atoms with Crippen LogP contribution in [0.15, 0.2) is 58.6 Å². The molecule has 0 bridgehead atoms. The molecule has 3 heteroatoms. The molecule has 1 N–H and O–H groups in total. The molecule has 19 heavy (non-hydrogen) atoms. The number of nitrogens with zero attached hydrogens (tertiary/aromatic N) is 1. The number of pyridine rings is 1. The minimum atomic E-state index is 0.676. The fraction of sp³-hybridized carbons (Fsp3) is 0.312. The molecule has 0 fully saturated rings. The van der Waals surface area contributed by atoms with Crippen LogP contribution in [0.5, 0.6) is 0 Å². The molecule has 0 spiro atoms. The zero-order chi connectivity index (χ0) is 13.5. The van der Waals surface area contributed by atoms with Crippen LogP contribution in [0.1, 0.15) is 19.4 Å². The predicted molar refractivity (Wildman–Crippen MR) is 81.3 cm³/mol. The normalized spacial score (nSPS) is 10.9. The van der Waals surface area contributed by atoms with E-state index in [0.29, 0.717) is 5.92 Å². The highest BCUT2D eigenvalue weighted by molar-refractivity contribution is 7.99. The van der Waals surface area contributed by atoms with Crippen molar-refractivity contribution in [3.05, 3.63) is 54.2 Å². The Morgan fingerprint density at radius 2 is 1.89 bits per heavy atom. The van der Waals surface area contributed by atoms with Crippen LogP contribution in [0.25, 0.3) is 0 Å². The minimum absolute atomic E-state index is 0.676. The molecule has 1 heterocycles. The van der Waals surface area contributed by atoms with Crippen LogP contribution in [-0.2, 0) is 6.54 Å². The maximum absolute atomic E-state index is 4.37. The van der Waals surface area contributed by atoms with E-state index < -0.39 is 0 Å². The lowest BCUT2D eigenvalue weighted by atomic mass is 10.2. The number of nitrogens with one attached hydrogen (secondary N) is 1. The Labute approximate surface area is 119 Å². The number of rotatable bonds is 6. The average molecular weight is 272 g/mol. The lowest BCUT2D eigenvalue weighted by Gasteiger charge is -2.11. The van der Waals surface area contributed by atoms with E-state index in [1.807, 2.05) is 24.4 Å². The van der Waals surface area contributed by atoms with E-state index in [9.17, 15) is 0 Å². The van der Waals surface area contributed by atoms with Gasteiger partial charge in [-0.05, 0) is 36.2 Å². The molecular weight excluding hydrogens is 252 g/mol. The van der Waals surface area contributed by atoms with Crippen LogP contribution < -0.4 is 5.32 Å². The number of hydrogen-bond acceptors (Lipinski definition) is 3. The van der Waals surface area contributed by atoms with Crippen molar-refractivity contribution in [3.63, 3.8) is 0 Å². The van der Waals surface area contributed by atoms with Gasteiger partial charge < -0.3 is 5.32 Å². The first-order valence-electron chi connectivity index (χ1n) is 6.63. The van der Waals surface area contributed by atoms with E-state index in [1.165, 1.54) is 10.5 Å². The number of aromatic nitrogens is 1. The van der Waals surface area contributed by atoms with Gasteiger partial charge in [0.2, 0.25) is 0 Å². The summed E-state index contributed by atoms with van der Waals surface area (Å²) in [6.07, 6.45) is 1.84. The van der Waals surface area contributed by atoms with Crippen molar-refractivity contribution in [2.24, 2.45) is 5.92 Å². The van der Waals surface area contributed by atoms with Gasteiger partial charge in [-0.15, -0.1) is 0 Å². The maximum Gasteiger partial charge on any atom is 0.101 e. The number of benzene rings is 1. The predicted octanol–water partition coefficient (Wildman–Crippen LogP) is 3.98. The summed E-state index contributed by atoms with van der Waals surface area (Å²) in [4.78, 5) is 5.64. The second-order valence-electron chi connectivity index (χ2n) is 4.90. The van der Waals surface area contributed by atoms with Gasteiger partial charge in [0.15, 0.2) is 0 Å². The molecule has 0 saturated carbocycles. The van der Waals surface area contributed by atoms with Gasteiger partial charge in [0.05, 0.1) is 0 Å². The van der Waals surface area contributed by atoms with Gasteiger partial charge in [-0.25, -0.2) is 4.98 Å². The summed E-state index contributed by atoms with van der Waals surface area (Å²) in [6, 6.07) is 14.5. The summed E-state index contributed by atoms with van der Waals surface area (Å²) in [6.45, 7) is 6.40. The van der Waals surface area contributed by atoms with Gasteiger partial charge in [0.25, 0.3) is 0 Å². The SMILES string of the molecule is CC(C)CNCc1ccccc1Sc1ccccn1. The Hall–Kier alpha value is -1.32. The summed E-state index contributed by atoms with van der Waals surface area (Å²) >= 11 is 1.72. The summed E-state index contributed by atoms with van der Waals surface area (Å²) in [7, 11) is 0. The molecule has 0 atom stereocenters. The lowest BCUT2D eigenvalue weighted by Crippen LogP contribution is -2.19.